The third-order valence-corrected chi connectivity index (χ3v) is 16.5. The summed E-state index contributed by atoms with van der Waals surface area (Å²) in [5.41, 5.74) is 19.1. The predicted molar refractivity (Wildman–Crippen MR) is 364 cm³/mol. The van der Waals surface area contributed by atoms with E-state index >= 15 is 0 Å². The second-order valence-electron chi connectivity index (χ2n) is 21.7. The molecule has 2 heterocycles. The van der Waals surface area contributed by atoms with Gasteiger partial charge in [-0.1, -0.05) is 170 Å². The molecule has 0 saturated heterocycles. The van der Waals surface area contributed by atoms with E-state index in [-0.39, 0.29) is 0 Å². The minimum atomic E-state index is 0.489. The van der Waals surface area contributed by atoms with E-state index in [0.29, 0.717) is 11.1 Å². The van der Waals surface area contributed by atoms with Crippen LogP contribution in [0.1, 0.15) is 11.1 Å². The molecule has 88 heavy (non-hydrogen) atoms. The number of hydrogen-bond donors (Lipinski definition) is 2. The highest BCUT2D eigenvalue weighted by atomic mass is 15.2. The minimum absolute atomic E-state index is 0.489. The van der Waals surface area contributed by atoms with Crippen molar-refractivity contribution in [2.24, 2.45) is 0 Å². The number of para-hydroxylation sites is 6. The number of nitriles is 2. The van der Waals surface area contributed by atoms with E-state index in [0.717, 1.165) is 134 Å². The molecule has 8 heteroatoms. The normalized spacial score (nSPS) is 11.2. The lowest BCUT2D eigenvalue weighted by Gasteiger charge is -2.27. The topological polar surface area (TPSA) is 88.0 Å². The molecule has 0 aliphatic heterocycles. The summed E-state index contributed by atoms with van der Waals surface area (Å²) >= 11 is 0. The quantitative estimate of drug-likeness (QED) is 0.113. The number of benzene rings is 13. The first kappa shape index (κ1) is 52.4. The summed E-state index contributed by atoms with van der Waals surface area (Å²) in [5.74, 6) is 0. The molecular weight excluding hydrogens is 1070 g/mol. The van der Waals surface area contributed by atoms with Crippen LogP contribution in [0, 0.1) is 22.7 Å². The van der Waals surface area contributed by atoms with Gasteiger partial charge in [0.2, 0.25) is 0 Å². The van der Waals surface area contributed by atoms with Gasteiger partial charge in [-0.2, -0.15) is 10.5 Å². The van der Waals surface area contributed by atoms with Crippen molar-refractivity contribution < 1.29 is 0 Å². The first-order chi connectivity index (χ1) is 43.6. The molecule has 13 aromatic carbocycles. The maximum atomic E-state index is 11.4. The summed E-state index contributed by atoms with van der Waals surface area (Å²) in [6.45, 7) is 0. The zero-order chi connectivity index (χ0) is 58.9. The van der Waals surface area contributed by atoms with Crippen molar-refractivity contribution in [2.75, 3.05) is 20.4 Å². The van der Waals surface area contributed by atoms with Gasteiger partial charge >= 0.3 is 0 Å². The smallest absolute Gasteiger partial charge is 0.0998 e. The molecule has 0 spiro atoms. The summed E-state index contributed by atoms with van der Waals surface area (Å²) in [5, 5.41) is 34.4. The molecule has 0 fully saturated rings. The van der Waals surface area contributed by atoms with E-state index in [1.165, 1.54) is 0 Å². The van der Waals surface area contributed by atoms with E-state index in [2.05, 4.69) is 260 Å². The molecule has 0 atom stereocenters. The van der Waals surface area contributed by atoms with Gasteiger partial charge < -0.3 is 29.6 Å². The molecule has 0 unspecified atom stereocenters. The van der Waals surface area contributed by atoms with Crippen molar-refractivity contribution in [1.29, 1.82) is 10.5 Å². The molecular formula is C80H54N8. The van der Waals surface area contributed by atoms with Crippen LogP contribution >= 0.6 is 0 Å². The highest BCUT2D eigenvalue weighted by Crippen LogP contribution is 2.50. The molecule has 0 aliphatic carbocycles. The van der Waals surface area contributed by atoms with Crippen molar-refractivity contribution in [3.05, 3.63) is 327 Å². The Morgan fingerprint density at radius 1 is 0.261 bits per heavy atom. The lowest BCUT2D eigenvalue weighted by Crippen LogP contribution is -2.10. The summed E-state index contributed by atoms with van der Waals surface area (Å²) in [4.78, 5) is 4.60. The van der Waals surface area contributed by atoms with E-state index in [9.17, 15) is 10.5 Å². The zero-order valence-electron chi connectivity index (χ0n) is 47.7. The first-order valence-electron chi connectivity index (χ1n) is 29.4. The Balaban J connectivity index is 1.09. The van der Waals surface area contributed by atoms with E-state index in [1.54, 1.807) is 0 Å². The van der Waals surface area contributed by atoms with Gasteiger partial charge in [0.15, 0.2) is 0 Å². The number of anilines is 10. The maximum absolute atomic E-state index is 11.4. The third kappa shape index (κ3) is 9.46. The Morgan fingerprint density at radius 3 is 0.898 bits per heavy atom. The van der Waals surface area contributed by atoms with Crippen LogP contribution in [-0.4, -0.2) is 9.13 Å². The number of hydrogen-bond acceptors (Lipinski definition) is 6. The third-order valence-electron chi connectivity index (χ3n) is 16.5. The van der Waals surface area contributed by atoms with Crippen molar-refractivity contribution in [2.45, 2.75) is 0 Å². The Morgan fingerprint density at radius 2 is 0.557 bits per heavy atom. The Bertz CT molecular complexity index is 4850. The van der Waals surface area contributed by atoms with Gasteiger partial charge in [0.25, 0.3) is 0 Å². The van der Waals surface area contributed by atoms with Crippen molar-refractivity contribution in [1.82, 2.24) is 9.13 Å². The van der Waals surface area contributed by atoms with Gasteiger partial charge in [0, 0.05) is 101 Å². The molecule has 414 valence electrons. The van der Waals surface area contributed by atoms with Crippen LogP contribution < -0.4 is 20.4 Å². The molecule has 0 saturated carbocycles. The van der Waals surface area contributed by atoms with Gasteiger partial charge in [-0.15, -0.1) is 0 Å². The number of aromatic nitrogens is 2. The SMILES string of the molecule is N#Cc1ccccc1-c1c(-n2c3cc(Nc4ccccc4)ccc3c3ccc(Nc4ccccc4)cc32)ccc(-n2c3cc(N(c4ccccc4)c4ccccc4)ccc3c3ccc(N(c4ccccc4)c4ccccc4)cc32)c1-c1ccccc1C#N. The highest BCUT2D eigenvalue weighted by molar-refractivity contribution is 6.15. The average molecular weight is 1130 g/mol. The highest BCUT2D eigenvalue weighted by Gasteiger charge is 2.28. The summed E-state index contributed by atoms with van der Waals surface area (Å²) in [6, 6.07) is 114. The lowest BCUT2D eigenvalue weighted by atomic mass is 9.87. The molecule has 8 nitrogen and oxygen atoms in total. The summed E-state index contributed by atoms with van der Waals surface area (Å²) in [6.07, 6.45) is 0. The van der Waals surface area contributed by atoms with Crippen LogP contribution in [-0.2, 0) is 0 Å². The minimum Gasteiger partial charge on any atom is -0.355 e. The van der Waals surface area contributed by atoms with Crippen molar-refractivity contribution >= 4 is 100 Å². The number of nitrogens with one attached hydrogen (secondary N) is 2. The Kier molecular flexibility index (Phi) is 13.5. The van der Waals surface area contributed by atoms with E-state index in [4.69, 9.17) is 0 Å². The fraction of sp³-hybridized carbons (Fsp3) is 0. The van der Waals surface area contributed by atoms with Gasteiger partial charge in [-0.25, -0.2) is 0 Å². The Hall–Kier alpha value is -12.4. The number of nitrogens with zero attached hydrogens (tertiary/aromatic N) is 6. The predicted octanol–water partition coefficient (Wildman–Crippen LogP) is 21.4. The van der Waals surface area contributed by atoms with E-state index in [1.807, 2.05) is 97.1 Å². The fourth-order valence-corrected chi connectivity index (χ4v) is 12.6. The van der Waals surface area contributed by atoms with Crippen LogP contribution in [0.15, 0.2) is 315 Å². The second kappa shape index (κ2) is 22.7. The van der Waals surface area contributed by atoms with Gasteiger partial charge in [0.05, 0.1) is 56.7 Å². The summed E-state index contributed by atoms with van der Waals surface area (Å²) < 4.78 is 4.74. The Labute approximate surface area is 510 Å². The van der Waals surface area contributed by atoms with Crippen molar-refractivity contribution in [3.63, 3.8) is 0 Å². The van der Waals surface area contributed by atoms with Crippen molar-refractivity contribution in [3.8, 4) is 45.8 Å². The monoisotopic (exact) mass is 1130 g/mol. The first-order valence-corrected chi connectivity index (χ1v) is 29.4. The maximum Gasteiger partial charge on any atom is 0.0998 e. The molecule has 0 amide bonds. The largest absolute Gasteiger partial charge is 0.355 e. The standard InChI is InChI=1S/C80H54N8/c81-53-55-23-19-21-37-67(55)79-73(87-75-49-59(83-57-25-7-1-8-26-57)39-43-69(75)70-44-40-60(50-76(70)87)84-58-27-9-2-10-28-58)47-48-74(80(79)68-38-22-20-24-56(68)54-82)88-77-51-65(85(61-29-11-3-12-30-61)62-31-13-4-14-32-62)41-45-71(77)72-46-42-66(52-78(72)88)86(63-33-15-5-16-34-63)64-35-17-6-18-36-64/h1-52,83-84H. The van der Waals surface area contributed by atoms with E-state index < -0.39 is 0 Å². The van der Waals surface area contributed by atoms with Crippen LogP contribution in [0.4, 0.5) is 56.9 Å². The molecule has 15 rings (SSSR count). The molecule has 2 N–H and O–H groups in total. The number of fused-ring (bicyclic) bond motifs is 6. The molecule has 0 bridgehead atoms. The number of rotatable bonds is 14. The van der Waals surface area contributed by atoms with Gasteiger partial charge in [0.1, 0.15) is 0 Å². The van der Waals surface area contributed by atoms with Crippen LogP contribution in [0.3, 0.4) is 0 Å². The fourth-order valence-electron chi connectivity index (χ4n) is 12.6. The van der Waals surface area contributed by atoms with Crippen LogP contribution in [0.25, 0.3) is 77.2 Å². The molecule has 0 radical (unpaired) electrons. The average Bonchev–Trinajstić information content (AvgIpc) is 1.55. The second-order valence-corrected chi connectivity index (χ2v) is 21.7. The molecule has 0 aliphatic rings. The van der Waals surface area contributed by atoms with Gasteiger partial charge in [-0.05, 0) is 146 Å². The molecule has 15 aromatic rings. The van der Waals surface area contributed by atoms with Gasteiger partial charge in [-0.3, -0.25) is 0 Å². The zero-order valence-corrected chi connectivity index (χ0v) is 47.7. The van der Waals surface area contributed by atoms with Crippen LogP contribution in [0.2, 0.25) is 0 Å². The summed E-state index contributed by atoms with van der Waals surface area (Å²) in [7, 11) is 0. The lowest BCUT2D eigenvalue weighted by molar-refractivity contribution is 1.14. The molecule has 2 aromatic heterocycles. The van der Waals surface area contributed by atoms with Crippen LogP contribution in [0.5, 0.6) is 0 Å².